The fourth-order valence-corrected chi connectivity index (χ4v) is 2.13. The van der Waals surface area contributed by atoms with Crippen LogP contribution < -0.4 is 5.32 Å². The number of halogens is 3. The Morgan fingerprint density at radius 2 is 1.45 bits per heavy atom. The predicted octanol–water partition coefficient (Wildman–Crippen LogP) is 4.57. The van der Waals surface area contributed by atoms with Gasteiger partial charge in [-0.25, -0.2) is 0 Å². The van der Waals surface area contributed by atoms with Crippen molar-refractivity contribution in [2.45, 2.75) is 19.1 Å². The largest absolute Gasteiger partial charge is 0.407 e. The second-order valence-electron chi connectivity index (χ2n) is 4.52. The second-order valence-corrected chi connectivity index (χ2v) is 4.52. The van der Waals surface area contributed by atoms with E-state index in [-0.39, 0.29) is 12.1 Å². The zero-order valence-electron chi connectivity index (χ0n) is 11.1. The molecule has 2 aromatic rings. The number of nitrogens with one attached hydrogen (secondary N) is 1. The Bertz CT molecular complexity index is 532. The van der Waals surface area contributed by atoms with Gasteiger partial charge in [-0.05, 0) is 23.2 Å². The summed E-state index contributed by atoms with van der Waals surface area (Å²) in [6.07, 6.45) is -4.29. The van der Waals surface area contributed by atoms with Crippen molar-refractivity contribution >= 4 is 0 Å². The molecule has 0 aliphatic rings. The molecule has 20 heavy (non-hydrogen) atoms. The first-order valence-electron chi connectivity index (χ1n) is 6.48. The molecule has 1 unspecified atom stereocenters. The highest BCUT2D eigenvalue weighted by Gasteiger charge is 2.39. The lowest BCUT2D eigenvalue weighted by Crippen LogP contribution is -2.33. The standard InChI is InChI=1S/C16H16F3N/c1-2-20-15(16(17,18)19)14-10-8-13(9-11-14)12-6-4-3-5-7-12/h3-11,15,20H,2H2,1H3. The molecule has 0 amide bonds. The van der Waals surface area contributed by atoms with Gasteiger partial charge in [-0.3, -0.25) is 0 Å². The van der Waals surface area contributed by atoms with Gasteiger partial charge >= 0.3 is 6.18 Å². The number of rotatable bonds is 4. The molecule has 1 N–H and O–H groups in total. The summed E-state index contributed by atoms with van der Waals surface area (Å²) in [4.78, 5) is 0. The first kappa shape index (κ1) is 14.6. The third-order valence-corrected chi connectivity index (χ3v) is 3.09. The second kappa shape index (κ2) is 6.09. The summed E-state index contributed by atoms with van der Waals surface area (Å²) in [7, 11) is 0. The van der Waals surface area contributed by atoms with Crippen molar-refractivity contribution in [3.8, 4) is 11.1 Å². The Balaban J connectivity index is 2.27. The molecule has 0 heterocycles. The van der Waals surface area contributed by atoms with Crippen LogP contribution in [0.3, 0.4) is 0 Å². The molecule has 1 atom stereocenters. The van der Waals surface area contributed by atoms with E-state index in [4.69, 9.17) is 0 Å². The van der Waals surface area contributed by atoms with E-state index in [1.165, 1.54) is 12.1 Å². The molecule has 4 heteroatoms. The van der Waals surface area contributed by atoms with E-state index in [1.807, 2.05) is 30.3 Å². The lowest BCUT2D eigenvalue weighted by atomic mass is 10.0. The molecule has 0 fully saturated rings. The topological polar surface area (TPSA) is 12.0 Å². The van der Waals surface area contributed by atoms with Crippen LogP contribution in [0.15, 0.2) is 54.6 Å². The van der Waals surface area contributed by atoms with Crippen LogP contribution in [0.25, 0.3) is 11.1 Å². The molecule has 0 radical (unpaired) electrons. The van der Waals surface area contributed by atoms with Gasteiger partial charge < -0.3 is 5.32 Å². The maximum Gasteiger partial charge on any atom is 0.407 e. The first-order valence-corrected chi connectivity index (χ1v) is 6.48. The Morgan fingerprint density at radius 3 is 1.95 bits per heavy atom. The zero-order valence-corrected chi connectivity index (χ0v) is 11.1. The van der Waals surface area contributed by atoms with Crippen molar-refractivity contribution in [1.29, 1.82) is 0 Å². The van der Waals surface area contributed by atoms with E-state index < -0.39 is 12.2 Å². The van der Waals surface area contributed by atoms with Crippen LogP contribution >= 0.6 is 0 Å². The fourth-order valence-electron chi connectivity index (χ4n) is 2.13. The molecule has 0 saturated heterocycles. The van der Waals surface area contributed by atoms with E-state index in [0.717, 1.165) is 11.1 Å². The molecule has 0 saturated carbocycles. The molecule has 2 rings (SSSR count). The highest BCUT2D eigenvalue weighted by molar-refractivity contribution is 5.63. The van der Waals surface area contributed by atoms with Gasteiger partial charge in [0.05, 0.1) is 0 Å². The summed E-state index contributed by atoms with van der Waals surface area (Å²) >= 11 is 0. The molecule has 0 aromatic heterocycles. The summed E-state index contributed by atoms with van der Waals surface area (Å²) in [5.41, 5.74) is 2.14. The van der Waals surface area contributed by atoms with Gasteiger partial charge in [0.1, 0.15) is 6.04 Å². The number of benzene rings is 2. The van der Waals surface area contributed by atoms with Crippen LogP contribution in [-0.2, 0) is 0 Å². The first-order chi connectivity index (χ1) is 9.52. The number of hydrogen-bond acceptors (Lipinski definition) is 1. The van der Waals surface area contributed by atoms with E-state index in [9.17, 15) is 13.2 Å². The molecule has 1 nitrogen and oxygen atoms in total. The maximum atomic E-state index is 13.0. The SMILES string of the molecule is CCNC(c1ccc(-c2ccccc2)cc1)C(F)(F)F. The molecular formula is C16H16F3N. The van der Waals surface area contributed by atoms with Crippen molar-refractivity contribution in [3.05, 3.63) is 60.2 Å². The zero-order chi connectivity index (χ0) is 14.6. The van der Waals surface area contributed by atoms with E-state index in [0.29, 0.717) is 0 Å². The van der Waals surface area contributed by atoms with E-state index in [1.54, 1.807) is 19.1 Å². The molecule has 0 aliphatic carbocycles. The molecule has 106 valence electrons. The smallest absolute Gasteiger partial charge is 0.303 e. The van der Waals surface area contributed by atoms with Crippen molar-refractivity contribution in [2.75, 3.05) is 6.54 Å². The fraction of sp³-hybridized carbons (Fsp3) is 0.250. The Morgan fingerprint density at radius 1 is 0.900 bits per heavy atom. The van der Waals surface area contributed by atoms with Gasteiger partial charge in [0.15, 0.2) is 0 Å². The minimum absolute atomic E-state index is 0.235. The van der Waals surface area contributed by atoms with Gasteiger partial charge in [-0.15, -0.1) is 0 Å². The molecular weight excluding hydrogens is 263 g/mol. The van der Waals surface area contributed by atoms with Gasteiger partial charge in [0.25, 0.3) is 0 Å². The summed E-state index contributed by atoms with van der Waals surface area (Å²) in [5.74, 6) is 0. The van der Waals surface area contributed by atoms with Gasteiger partial charge in [0, 0.05) is 0 Å². The van der Waals surface area contributed by atoms with E-state index in [2.05, 4.69) is 5.32 Å². The van der Waals surface area contributed by atoms with E-state index >= 15 is 0 Å². The summed E-state index contributed by atoms with van der Waals surface area (Å²) in [5, 5.41) is 2.47. The normalized spacial score (nSPS) is 13.2. The average molecular weight is 279 g/mol. The van der Waals surface area contributed by atoms with Gasteiger partial charge in [0.2, 0.25) is 0 Å². The molecule has 0 bridgehead atoms. The maximum absolute atomic E-state index is 13.0. The van der Waals surface area contributed by atoms with Crippen molar-refractivity contribution < 1.29 is 13.2 Å². The highest BCUT2D eigenvalue weighted by atomic mass is 19.4. The number of hydrogen-bond donors (Lipinski definition) is 1. The predicted molar refractivity (Wildman–Crippen MR) is 74.4 cm³/mol. The number of alkyl halides is 3. The van der Waals surface area contributed by atoms with Crippen molar-refractivity contribution in [1.82, 2.24) is 5.32 Å². The minimum atomic E-state index is -4.29. The van der Waals surface area contributed by atoms with Crippen LogP contribution in [0.5, 0.6) is 0 Å². The van der Waals surface area contributed by atoms with Crippen LogP contribution in [0, 0.1) is 0 Å². The average Bonchev–Trinajstić information content (AvgIpc) is 2.45. The Kier molecular flexibility index (Phi) is 4.45. The summed E-state index contributed by atoms with van der Waals surface area (Å²) in [6, 6.07) is 14.5. The molecule has 0 spiro atoms. The monoisotopic (exact) mass is 279 g/mol. The van der Waals surface area contributed by atoms with Gasteiger partial charge in [-0.1, -0.05) is 61.5 Å². The van der Waals surface area contributed by atoms with Crippen LogP contribution in [0.2, 0.25) is 0 Å². The van der Waals surface area contributed by atoms with Crippen LogP contribution in [0.4, 0.5) is 13.2 Å². The van der Waals surface area contributed by atoms with Crippen molar-refractivity contribution in [3.63, 3.8) is 0 Å². The minimum Gasteiger partial charge on any atom is -0.303 e. The summed E-state index contributed by atoms with van der Waals surface area (Å²) < 4.78 is 38.9. The van der Waals surface area contributed by atoms with Crippen molar-refractivity contribution in [2.24, 2.45) is 0 Å². The lowest BCUT2D eigenvalue weighted by Gasteiger charge is -2.21. The Hall–Kier alpha value is -1.81. The third-order valence-electron chi connectivity index (χ3n) is 3.09. The quantitative estimate of drug-likeness (QED) is 0.864. The molecule has 2 aromatic carbocycles. The lowest BCUT2D eigenvalue weighted by molar-refractivity contribution is -0.157. The third kappa shape index (κ3) is 3.39. The van der Waals surface area contributed by atoms with Gasteiger partial charge in [-0.2, -0.15) is 13.2 Å². The van der Waals surface area contributed by atoms with Crippen LogP contribution in [0.1, 0.15) is 18.5 Å². The summed E-state index contributed by atoms with van der Waals surface area (Å²) in [6.45, 7) is 1.93. The van der Waals surface area contributed by atoms with Crippen LogP contribution in [-0.4, -0.2) is 12.7 Å². The molecule has 0 aliphatic heterocycles. The Labute approximate surface area is 116 Å². The highest BCUT2D eigenvalue weighted by Crippen LogP contribution is 2.33.